The van der Waals surface area contributed by atoms with Gasteiger partial charge in [-0.05, 0) is 28.7 Å². The Kier molecular flexibility index (Phi) is 2.93. The number of aromatic nitrogens is 1. The molecule has 0 aromatic carbocycles. The maximum absolute atomic E-state index is 12.8. The van der Waals surface area contributed by atoms with Gasteiger partial charge in [0.1, 0.15) is 0 Å². The molecule has 4 nitrogen and oxygen atoms in total. The quantitative estimate of drug-likeness (QED) is 0.258. The van der Waals surface area contributed by atoms with Crippen LogP contribution in [-0.4, -0.2) is 10.9 Å². The Bertz CT molecular complexity index is 318. The molecule has 1 heterocycles. The standard InChI is InChI=1S/C6H5FIN3O/c7-5-4(6(12)11-9)1-3(8)2-10-5/h1-2H,9H2,(H,11,12). The van der Waals surface area contributed by atoms with Gasteiger partial charge in [-0.3, -0.25) is 10.2 Å². The minimum atomic E-state index is -0.821. The summed E-state index contributed by atoms with van der Waals surface area (Å²) < 4.78 is 13.4. The Morgan fingerprint density at radius 1 is 1.75 bits per heavy atom. The Morgan fingerprint density at radius 3 is 3.00 bits per heavy atom. The molecule has 0 bridgehead atoms. The number of halogens is 2. The maximum Gasteiger partial charge on any atom is 0.269 e. The third kappa shape index (κ3) is 1.89. The van der Waals surface area contributed by atoms with Crippen LogP contribution in [0.4, 0.5) is 4.39 Å². The number of hydrogen-bond donors (Lipinski definition) is 2. The number of hydrazine groups is 1. The Balaban J connectivity index is 3.13. The number of pyridine rings is 1. The highest BCUT2D eigenvalue weighted by atomic mass is 127. The number of carbonyl (C=O) groups is 1. The molecule has 0 saturated heterocycles. The lowest BCUT2D eigenvalue weighted by Crippen LogP contribution is -2.31. The summed E-state index contributed by atoms with van der Waals surface area (Å²) in [7, 11) is 0. The maximum atomic E-state index is 12.8. The van der Waals surface area contributed by atoms with Crippen LogP contribution in [0.25, 0.3) is 0 Å². The first kappa shape index (κ1) is 9.33. The van der Waals surface area contributed by atoms with E-state index in [1.54, 1.807) is 0 Å². The monoisotopic (exact) mass is 281 g/mol. The third-order valence-corrected chi connectivity index (χ3v) is 1.77. The third-order valence-electron chi connectivity index (χ3n) is 1.18. The van der Waals surface area contributed by atoms with Crippen molar-refractivity contribution in [2.75, 3.05) is 0 Å². The van der Waals surface area contributed by atoms with E-state index in [2.05, 4.69) is 4.98 Å². The summed E-state index contributed by atoms with van der Waals surface area (Å²) in [6.45, 7) is 0. The zero-order chi connectivity index (χ0) is 9.14. The van der Waals surface area contributed by atoms with Crippen LogP contribution in [-0.2, 0) is 0 Å². The molecule has 0 saturated carbocycles. The van der Waals surface area contributed by atoms with Gasteiger partial charge in [0.15, 0.2) is 0 Å². The SMILES string of the molecule is NNC(=O)c1cc(I)cnc1F. The van der Waals surface area contributed by atoms with Crippen molar-refractivity contribution in [3.05, 3.63) is 27.3 Å². The van der Waals surface area contributed by atoms with Gasteiger partial charge in [0.05, 0.1) is 5.56 Å². The summed E-state index contributed by atoms with van der Waals surface area (Å²) in [6.07, 6.45) is 1.32. The Hall–Kier alpha value is -0.760. The fraction of sp³-hybridized carbons (Fsp3) is 0. The second kappa shape index (κ2) is 3.76. The molecule has 0 aliphatic carbocycles. The molecule has 0 radical (unpaired) electrons. The van der Waals surface area contributed by atoms with Crippen LogP contribution >= 0.6 is 22.6 Å². The molecule has 0 fully saturated rings. The minimum absolute atomic E-state index is 0.149. The first-order valence-corrected chi connectivity index (χ1v) is 4.05. The molecule has 64 valence electrons. The molecular weight excluding hydrogens is 276 g/mol. The number of nitrogens with one attached hydrogen (secondary N) is 1. The van der Waals surface area contributed by atoms with Crippen molar-refractivity contribution in [3.8, 4) is 0 Å². The van der Waals surface area contributed by atoms with Gasteiger partial charge < -0.3 is 0 Å². The van der Waals surface area contributed by atoms with Gasteiger partial charge in [0, 0.05) is 9.77 Å². The van der Waals surface area contributed by atoms with Gasteiger partial charge in [0.2, 0.25) is 5.95 Å². The van der Waals surface area contributed by atoms with E-state index in [1.165, 1.54) is 12.3 Å². The number of amides is 1. The molecule has 0 atom stereocenters. The van der Waals surface area contributed by atoms with Crippen LogP contribution in [0.3, 0.4) is 0 Å². The number of nitrogen functional groups attached to an aromatic ring is 1. The van der Waals surface area contributed by atoms with Crippen LogP contribution in [0.15, 0.2) is 12.3 Å². The van der Waals surface area contributed by atoms with Crippen molar-refractivity contribution in [2.45, 2.75) is 0 Å². The molecule has 1 aromatic heterocycles. The van der Waals surface area contributed by atoms with E-state index in [1.807, 2.05) is 28.0 Å². The van der Waals surface area contributed by atoms with Crippen LogP contribution in [0.1, 0.15) is 10.4 Å². The number of hydrogen-bond acceptors (Lipinski definition) is 3. The van der Waals surface area contributed by atoms with Crippen molar-refractivity contribution in [3.63, 3.8) is 0 Å². The highest BCUT2D eigenvalue weighted by molar-refractivity contribution is 14.1. The molecule has 12 heavy (non-hydrogen) atoms. The number of nitrogens with zero attached hydrogens (tertiary/aromatic N) is 1. The highest BCUT2D eigenvalue weighted by Crippen LogP contribution is 2.08. The van der Waals surface area contributed by atoms with Crippen molar-refractivity contribution >= 4 is 28.5 Å². The molecule has 1 aromatic rings. The van der Waals surface area contributed by atoms with Gasteiger partial charge >= 0.3 is 0 Å². The lowest BCUT2D eigenvalue weighted by Gasteiger charge is -1.99. The first-order chi connectivity index (χ1) is 5.65. The number of nitrogens with two attached hydrogens (primary N) is 1. The molecule has 6 heteroatoms. The first-order valence-electron chi connectivity index (χ1n) is 2.97. The summed E-state index contributed by atoms with van der Waals surface area (Å²) in [5.74, 6) is 3.32. The molecule has 0 unspecified atom stereocenters. The van der Waals surface area contributed by atoms with E-state index in [9.17, 15) is 9.18 Å². The average Bonchev–Trinajstić information content (AvgIpc) is 2.08. The van der Waals surface area contributed by atoms with Crippen LogP contribution in [0.5, 0.6) is 0 Å². The van der Waals surface area contributed by atoms with Gasteiger partial charge in [-0.1, -0.05) is 0 Å². The summed E-state index contributed by atoms with van der Waals surface area (Å²) in [5.41, 5.74) is 1.68. The predicted molar refractivity (Wildman–Crippen MR) is 48.6 cm³/mol. The van der Waals surface area contributed by atoms with Gasteiger partial charge in [-0.2, -0.15) is 4.39 Å². The molecule has 1 amide bonds. The fourth-order valence-electron chi connectivity index (χ4n) is 0.660. The summed E-state index contributed by atoms with van der Waals surface area (Å²) >= 11 is 1.92. The lowest BCUT2D eigenvalue weighted by molar-refractivity contribution is 0.0948. The van der Waals surface area contributed by atoms with E-state index < -0.39 is 11.9 Å². The number of rotatable bonds is 1. The Morgan fingerprint density at radius 2 is 2.42 bits per heavy atom. The predicted octanol–water partition coefficient (Wildman–Crippen LogP) is 0.429. The summed E-state index contributed by atoms with van der Waals surface area (Å²) in [6, 6.07) is 1.37. The van der Waals surface area contributed by atoms with Crippen LogP contribution < -0.4 is 11.3 Å². The molecule has 0 spiro atoms. The largest absolute Gasteiger partial charge is 0.290 e. The van der Waals surface area contributed by atoms with Crippen molar-refractivity contribution in [2.24, 2.45) is 5.84 Å². The zero-order valence-electron chi connectivity index (χ0n) is 5.84. The van der Waals surface area contributed by atoms with Gasteiger partial charge in [0.25, 0.3) is 5.91 Å². The van der Waals surface area contributed by atoms with E-state index in [4.69, 9.17) is 5.84 Å². The highest BCUT2D eigenvalue weighted by Gasteiger charge is 2.11. The smallest absolute Gasteiger partial charge is 0.269 e. The second-order valence-corrected chi connectivity index (χ2v) is 3.21. The van der Waals surface area contributed by atoms with Crippen LogP contribution in [0, 0.1) is 9.52 Å². The fourth-order valence-corrected chi connectivity index (χ4v) is 1.11. The van der Waals surface area contributed by atoms with Crippen molar-refractivity contribution in [1.82, 2.24) is 10.4 Å². The minimum Gasteiger partial charge on any atom is -0.290 e. The zero-order valence-corrected chi connectivity index (χ0v) is 8.00. The average molecular weight is 281 g/mol. The summed E-state index contributed by atoms with van der Waals surface area (Å²) in [4.78, 5) is 14.2. The lowest BCUT2D eigenvalue weighted by atomic mass is 10.3. The van der Waals surface area contributed by atoms with Crippen molar-refractivity contribution in [1.29, 1.82) is 0 Å². The molecular formula is C6H5FIN3O. The normalized spacial score (nSPS) is 9.58. The molecule has 3 N–H and O–H groups in total. The molecule has 0 aliphatic rings. The molecule has 0 aliphatic heterocycles. The number of carbonyl (C=O) groups excluding carboxylic acids is 1. The Labute approximate surface area is 81.5 Å². The van der Waals surface area contributed by atoms with E-state index in [-0.39, 0.29) is 5.56 Å². The van der Waals surface area contributed by atoms with E-state index in [0.717, 1.165) is 0 Å². The summed E-state index contributed by atoms with van der Waals surface area (Å²) in [5, 5.41) is 0. The van der Waals surface area contributed by atoms with E-state index >= 15 is 0 Å². The van der Waals surface area contributed by atoms with E-state index in [0.29, 0.717) is 3.57 Å². The topological polar surface area (TPSA) is 68.0 Å². The van der Waals surface area contributed by atoms with Gasteiger partial charge in [-0.25, -0.2) is 10.8 Å². The van der Waals surface area contributed by atoms with Crippen molar-refractivity contribution < 1.29 is 9.18 Å². The second-order valence-electron chi connectivity index (χ2n) is 1.97. The van der Waals surface area contributed by atoms with Gasteiger partial charge in [-0.15, -0.1) is 0 Å². The van der Waals surface area contributed by atoms with Crippen LogP contribution in [0.2, 0.25) is 0 Å². The molecule has 1 rings (SSSR count).